The van der Waals surface area contributed by atoms with Crippen LogP contribution in [0.2, 0.25) is 0 Å². The van der Waals surface area contributed by atoms with Crippen LogP contribution in [0.3, 0.4) is 0 Å². The summed E-state index contributed by atoms with van der Waals surface area (Å²) in [5.74, 6) is 0.205. The Morgan fingerprint density at radius 2 is 2.25 bits per heavy atom. The first-order valence-electron chi connectivity index (χ1n) is 3.40. The number of phenolic OH excluding ortho intramolecular Hbond substituents is 1. The minimum atomic E-state index is 0.0391. The number of rotatable bonds is 2. The van der Waals surface area contributed by atoms with E-state index >= 15 is 0 Å². The van der Waals surface area contributed by atoms with Gasteiger partial charge in [-0.1, -0.05) is 22.0 Å². The van der Waals surface area contributed by atoms with Crippen molar-refractivity contribution in [3.05, 3.63) is 28.2 Å². The summed E-state index contributed by atoms with van der Waals surface area (Å²) in [5.41, 5.74) is 5.87. The number of aromatic hydroxyl groups is 1. The van der Waals surface area contributed by atoms with Gasteiger partial charge in [-0.05, 0) is 12.1 Å². The van der Waals surface area contributed by atoms with Gasteiger partial charge in [0.2, 0.25) is 0 Å². The van der Waals surface area contributed by atoms with Crippen molar-refractivity contribution in [3.8, 4) is 5.75 Å². The lowest BCUT2D eigenvalue weighted by atomic mass is 10.1. The second-order valence-corrected chi connectivity index (χ2v) is 3.29. The largest absolute Gasteiger partial charge is 0.508 e. The zero-order chi connectivity index (χ0) is 9.14. The molecule has 0 bridgehead atoms. The van der Waals surface area contributed by atoms with Crippen LogP contribution in [0.25, 0.3) is 0 Å². The Bertz CT molecular complexity index is 292. The number of hydrogen-bond acceptors (Lipinski definition) is 2. The van der Waals surface area contributed by atoms with Gasteiger partial charge in [0.15, 0.2) is 0 Å². The Morgan fingerprint density at radius 3 is 2.75 bits per heavy atom. The smallest absolute Gasteiger partial charge is 0.120 e. The van der Waals surface area contributed by atoms with Gasteiger partial charge in [-0.25, -0.2) is 0 Å². The maximum Gasteiger partial charge on any atom is 0.120 e. The summed E-state index contributed by atoms with van der Waals surface area (Å²) >= 11 is 3.26. The Balaban J connectivity index is 3.04. The quantitative estimate of drug-likeness (QED) is 0.532. The van der Waals surface area contributed by atoms with Gasteiger partial charge in [-0.15, -0.1) is 0 Å². The maximum absolute atomic E-state index is 9.36. The number of phenols is 1. The SMILES string of the molecule is N=C(N)Cc1c(O)cccc1Br. The van der Waals surface area contributed by atoms with Crippen LogP contribution >= 0.6 is 15.9 Å². The van der Waals surface area contributed by atoms with E-state index in [1.807, 2.05) is 0 Å². The summed E-state index contributed by atoms with van der Waals surface area (Å²) in [6.07, 6.45) is 0.271. The Labute approximate surface area is 78.8 Å². The Hall–Kier alpha value is -1.03. The van der Waals surface area contributed by atoms with Gasteiger partial charge in [-0.2, -0.15) is 0 Å². The van der Waals surface area contributed by atoms with E-state index < -0.39 is 0 Å². The summed E-state index contributed by atoms with van der Waals surface area (Å²) in [6.45, 7) is 0. The Morgan fingerprint density at radius 1 is 1.58 bits per heavy atom. The Kier molecular flexibility index (Phi) is 2.70. The third-order valence-corrected chi connectivity index (χ3v) is 2.20. The van der Waals surface area contributed by atoms with Crippen molar-refractivity contribution in [1.82, 2.24) is 0 Å². The van der Waals surface area contributed by atoms with Gasteiger partial charge >= 0.3 is 0 Å². The zero-order valence-corrected chi connectivity index (χ0v) is 7.93. The number of nitrogens with one attached hydrogen (secondary N) is 1. The highest BCUT2D eigenvalue weighted by atomic mass is 79.9. The first kappa shape index (κ1) is 9.06. The second-order valence-electron chi connectivity index (χ2n) is 2.44. The van der Waals surface area contributed by atoms with Crippen molar-refractivity contribution in [1.29, 1.82) is 5.41 Å². The fourth-order valence-corrected chi connectivity index (χ4v) is 1.41. The van der Waals surface area contributed by atoms with Crippen LogP contribution in [0.5, 0.6) is 5.75 Å². The lowest BCUT2D eigenvalue weighted by Crippen LogP contribution is -2.13. The van der Waals surface area contributed by atoms with E-state index in [4.69, 9.17) is 11.1 Å². The predicted molar refractivity (Wildman–Crippen MR) is 51.4 cm³/mol. The monoisotopic (exact) mass is 228 g/mol. The van der Waals surface area contributed by atoms with Crippen LogP contribution in [0.15, 0.2) is 22.7 Å². The lowest BCUT2D eigenvalue weighted by Gasteiger charge is -2.04. The van der Waals surface area contributed by atoms with Crippen LogP contribution in [0, 0.1) is 5.41 Å². The molecule has 0 heterocycles. The molecule has 0 saturated heterocycles. The average Bonchev–Trinajstić information content (AvgIpc) is 1.97. The van der Waals surface area contributed by atoms with Gasteiger partial charge < -0.3 is 10.8 Å². The molecular weight excluding hydrogens is 220 g/mol. The molecular formula is C8H9BrN2O. The van der Waals surface area contributed by atoms with Gasteiger partial charge in [0, 0.05) is 16.5 Å². The van der Waals surface area contributed by atoms with E-state index in [1.54, 1.807) is 18.2 Å². The van der Waals surface area contributed by atoms with E-state index in [2.05, 4.69) is 15.9 Å². The molecule has 64 valence electrons. The molecule has 0 fully saturated rings. The van der Waals surface area contributed by atoms with Crippen LogP contribution < -0.4 is 5.73 Å². The zero-order valence-electron chi connectivity index (χ0n) is 6.34. The molecule has 0 unspecified atom stereocenters. The third-order valence-electron chi connectivity index (χ3n) is 1.46. The van der Waals surface area contributed by atoms with Gasteiger partial charge in [0.05, 0.1) is 5.84 Å². The first-order chi connectivity index (χ1) is 5.61. The molecule has 0 atom stereocenters. The topological polar surface area (TPSA) is 70.1 Å². The summed E-state index contributed by atoms with van der Waals surface area (Å²) in [7, 11) is 0. The maximum atomic E-state index is 9.36. The molecule has 0 saturated carbocycles. The molecule has 12 heavy (non-hydrogen) atoms. The van der Waals surface area contributed by atoms with Crippen LogP contribution in [-0.2, 0) is 6.42 Å². The molecule has 0 aliphatic carbocycles. The molecule has 0 aliphatic heterocycles. The van der Waals surface area contributed by atoms with E-state index in [0.29, 0.717) is 5.56 Å². The normalized spacial score (nSPS) is 9.75. The molecule has 1 rings (SSSR count). The fourth-order valence-electron chi connectivity index (χ4n) is 0.913. The standard InChI is InChI=1S/C8H9BrN2O/c9-6-2-1-3-7(12)5(6)4-8(10)11/h1-3,12H,4H2,(H3,10,11). The highest BCUT2D eigenvalue weighted by molar-refractivity contribution is 9.10. The summed E-state index contributed by atoms with van der Waals surface area (Å²) in [4.78, 5) is 0. The van der Waals surface area contributed by atoms with Crippen LogP contribution in [-0.4, -0.2) is 10.9 Å². The van der Waals surface area contributed by atoms with Crippen molar-refractivity contribution in [2.24, 2.45) is 5.73 Å². The van der Waals surface area contributed by atoms with Crippen molar-refractivity contribution >= 4 is 21.8 Å². The van der Waals surface area contributed by atoms with Crippen LogP contribution in [0.4, 0.5) is 0 Å². The molecule has 0 radical (unpaired) electrons. The molecule has 4 N–H and O–H groups in total. The van der Waals surface area contributed by atoms with Crippen molar-refractivity contribution < 1.29 is 5.11 Å². The number of hydrogen-bond donors (Lipinski definition) is 3. The number of nitrogens with two attached hydrogens (primary N) is 1. The van der Waals surface area contributed by atoms with E-state index in [-0.39, 0.29) is 18.0 Å². The first-order valence-corrected chi connectivity index (χ1v) is 4.20. The molecule has 0 aromatic heterocycles. The molecule has 0 amide bonds. The molecule has 4 heteroatoms. The number of halogens is 1. The van der Waals surface area contributed by atoms with E-state index in [0.717, 1.165) is 4.47 Å². The lowest BCUT2D eigenvalue weighted by molar-refractivity contribution is 0.469. The summed E-state index contributed by atoms with van der Waals surface area (Å²) in [6, 6.07) is 5.10. The van der Waals surface area contributed by atoms with E-state index in [9.17, 15) is 5.11 Å². The van der Waals surface area contributed by atoms with Crippen molar-refractivity contribution in [3.63, 3.8) is 0 Å². The molecule has 1 aromatic carbocycles. The minimum absolute atomic E-state index is 0.0391. The molecule has 0 spiro atoms. The second kappa shape index (κ2) is 3.58. The highest BCUT2D eigenvalue weighted by Crippen LogP contribution is 2.25. The predicted octanol–water partition coefficient (Wildman–Crippen LogP) is 1.63. The van der Waals surface area contributed by atoms with Gasteiger partial charge in [0.1, 0.15) is 5.75 Å². The average molecular weight is 229 g/mol. The molecule has 0 aliphatic rings. The van der Waals surface area contributed by atoms with Gasteiger partial charge in [-0.3, -0.25) is 5.41 Å². The van der Waals surface area contributed by atoms with E-state index in [1.165, 1.54) is 0 Å². The fraction of sp³-hybridized carbons (Fsp3) is 0.125. The van der Waals surface area contributed by atoms with Crippen molar-refractivity contribution in [2.75, 3.05) is 0 Å². The molecule has 1 aromatic rings. The number of benzene rings is 1. The summed E-state index contributed by atoms with van der Waals surface area (Å²) < 4.78 is 0.776. The molecule has 3 nitrogen and oxygen atoms in total. The van der Waals surface area contributed by atoms with Gasteiger partial charge in [0.25, 0.3) is 0 Å². The van der Waals surface area contributed by atoms with Crippen molar-refractivity contribution in [2.45, 2.75) is 6.42 Å². The third kappa shape index (κ3) is 1.98. The minimum Gasteiger partial charge on any atom is -0.508 e. The summed E-state index contributed by atoms with van der Waals surface area (Å²) in [5, 5.41) is 16.4. The number of amidine groups is 1. The highest BCUT2D eigenvalue weighted by Gasteiger charge is 2.05. The van der Waals surface area contributed by atoms with Crippen LogP contribution in [0.1, 0.15) is 5.56 Å².